The molecule has 5 nitrogen and oxygen atoms in total. The number of aromatic nitrogens is 2. The Morgan fingerprint density at radius 2 is 2.37 bits per heavy atom. The summed E-state index contributed by atoms with van der Waals surface area (Å²) in [7, 11) is 0. The number of nitrogen functional groups attached to an aromatic ring is 1. The highest BCUT2D eigenvalue weighted by atomic mass is 32.2. The molecular weight excluding hydrogens is 280 g/mol. The number of carbonyl (C=O) groups is 1. The van der Waals surface area contributed by atoms with Gasteiger partial charge in [0.1, 0.15) is 10.6 Å². The van der Waals surface area contributed by atoms with Gasteiger partial charge < -0.3 is 11.1 Å². The van der Waals surface area contributed by atoms with Gasteiger partial charge in [-0.1, -0.05) is 11.8 Å². The van der Waals surface area contributed by atoms with E-state index >= 15 is 0 Å². The van der Waals surface area contributed by atoms with Crippen LogP contribution in [0.3, 0.4) is 0 Å². The van der Waals surface area contributed by atoms with Crippen LogP contribution in [0.5, 0.6) is 0 Å². The fourth-order valence-corrected chi connectivity index (χ4v) is 3.19. The third-order valence-corrected chi connectivity index (χ3v) is 4.61. The molecule has 1 fully saturated rings. The Hall–Kier alpha value is -1.34. The van der Waals surface area contributed by atoms with E-state index in [0.29, 0.717) is 22.6 Å². The number of nitrogens with one attached hydrogen (secondary N) is 1. The summed E-state index contributed by atoms with van der Waals surface area (Å²) in [6.07, 6.45) is 2.48. The second-order valence-corrected chi connectivity index (χ2v) is 6.40. The van der Waals surface area contributed by atoms with Gasteiger partial charge in [0.15, 0.2) is 5.16 Å². The maximum Gasteiger partial charge on any atom is 0.230 e. The molecule has 3 rings (SSSR count). The number of thiophene rings is 1. The van der Waals surface area contributed by atoms with Crippen molar-refractivity contribution in [3.8, 4) is 0 Å². The van der Waals surface area contributed by atoms with Crippen molar-refractivity contribution >= 4 is 45.0 Å². The molecule has 1 aliphatic rings. The zero-order valence-corrected chi connectivity index (χ0v) is 11.9. The maximum absolute atomic E-state index is 11.6. The van der Waals surface area contributed by atoms with E-state index in [2.05, 4.69) is 15.3 Å². The second-order valence-electron chi connectivity index (χ2n) is 4.57. The fourth-order valence-electron chi connectivity index (χ4n) is 1.68. The van der Waals surface area contributed by atoms with Gasteiger partial charge in [-0.05, 0) is 30.2 Å². The number of amides is 1. The summed E-state index contributed by atoms with van der Waals surface area (Å²) in [5.74, 6) is 1.55. The lowest BCUT2D eigenvalue weighted by molar-refractivity contribution is -0.118. The van der Waals surface area contributed by atoms with E-state index in [-0.39, 0.29) is 5.91 Å². The Labute approximate surface area is 119 Å². The maximum atomic E-state index is 11.6. The van der Waals surface area contributed by atoms with E-state index in [0.717, 1.165) is 16.8 Å². The minimum absolute atomic E-state index is 0.0327. The van der Waals surface area contributed by atoms with Crippen molar-refractivity contribution < 1.29 is 4.79 Å². The molecule has 7 heteroatoms. The molecule has 2 aromatic heterocycles. The zero-order valence-electron chi connectivity index (χ0n) is 10.3. The molecule has 1 amide bonds. The molecule has 0 unspecified atom stereocenters. The van der Waals surface area contributed by atoms with Crippen LogP contribution in [-0.2, 0) is 4.79 Å². The number of carbonyl (C=O) groups excluding carboxylic acids is 1. The molecule has 3 N–H and O–H groups in total. The van der Waals surface area contributed by atoms with E-state index in [1.54, 1.807) is 0 Å². The summed E-state index contributed by atoms with van der Waals surface area (Å²) >= 11 is 2.85. The van der Waals surface area contributed by atoms with Gasteiger partial charge in [0.25, 0.3) is 0 Å². The third kappa shape index (κ3) is 3.16. The number of rotatable bonds is 5. The smallest absolute Gasteiger partial charge is 0.230 e. The molecular formula is C12H14N4OS2. The van der Waals surface area contributed by atoms with Gasteiger partial charge in [-0.25, -0.2) is 9.97 Å². The van der Waals surface area contributed by atoms with Crippen LogP contribution < -0.4 is 11.1 Å². The first-order valence-corrected chi connectivity index (χ1v) is 7.99. The Kier molecular flexibility index (Phi) is 3.56. The summed E-state index contributed by atoms with van der Waals surface area (Å²) in [6.45, 7) is 0.798. The first-order valence-electron chi connectivity index (χ1n) is 6.12. The van der Waals surface area contributed by atoms with Crippen molar-refractivity contribution in [2.45, 2.75) is 18.0 Å². The number of hydrogen-bond acceptors (Lipinski definition) is 6. The summed E-state index contributed by atoms with van der Waals surface area (Å²) in [5, 5.41) is 6.30. The van der Waals surface area contributed by atoms with Gasteiger partial charge in [0, 0.05) is 6.54 Å². The molecule has 1 saturated carbocycles. The van der Waals surface area contributed by atoms with E-state index in [9.17, 15) is 4.79 Å². The van der Waals surface area contributed by atoms with Crippen LogP contribution in [0.1, 0.15) is 12.8 Å². The second kappa shape index (κ2) is 5.34. The number of hydrogen-bond donors (Lipinski definition) is 2. The Morgan fingerprint density at radius 3 is 3.16 bits per heavy atom. The average Bonchev–Trinajstić information content (AvgIpc) is 3.10. The van der Waals surface area contributed by atoms with Gasteiger partial charge in [0.05, 0.1) is 11.1 Å². The Balaban J connectivity index is 1.59. The first kappa shape index (κ1) is 12.7. The summed E-state index contributed by atoms with van der Waals surface area (Å²) < 4.78 is 0. The minimum atomic E-state index is 0.0327. The minimum Gasteiger partial charge on any atom is -0.383 e. The standard InChI is InChI=1S/C12H14N4OS2/c13-10-8-3-4-18-11(8)16-12(15-10)19-6-9(17)14-5-7-1-2-7/h3-4,7H,1-2,5-6H2,(H,14,17)(H2,13,15,16). The van der Waals surface area contributed by atoms with Crippen LogP contribution >= 0.6 is 23.1 Å². The van der Waals surface area contributed by atoms with Crippen LogP contribution in [0.2, 0.25) is 0 Å². The van der Waals surface area contributed by atoms with E-state index in [1.807, 2.05) is 11.4 Å². The van der Waals surface area contributed by atoms with Gasteiger partial charge in [-0.3, -0.25) is 4.79 Å². The molecule has 1 aliphatic carbocycles. The number of nitrogens with two attached hydrogens (primary N) is 1. The van der Waals surface area contributed by atoms with Crippen LogP contribution in [-0.4, -0.2) is 28.2 Å². The van der Waals surface area contributed by atoms with Crippen molar-refractivity contribution in [2.24, 2.45) is 5.92 Å². The van der Waals surface area contributed by atoms with Crippen molar-refractivity contribution in [3.05, 3.63) is 11.4 Å². The lowest BCUT2D eigenvalue weighted by Crippen LogP contribution is -2.27. The summed E-state index contributed by atoms with van der Waals surface area (Å²) in [5.41, 5.74) is 5.86. The van der Waals surface area contributed by atoms with E-state index in [4.69, 9.17) is 5.73 Å². The summed E-state index contributed by atoms with van der Waals surface area (Å²) in [6, 6.07) is 1.91. The molecule has 2 aromatic rings. The average molecular weight is 294 g/mol. The molecule has 19 heavy (non-hydrogen) atoms. The highest BCUT2D eigenvalue weighted by Crippen LogP contribution is 2.28. The van der Waals surface area contributed by atoms with Crippen molar-refractivity contribution in [3.63, 3.8) is 0 Å². The SMILES string of the molecule is Nc1nc(SCC(=O)NCC2CC2)nc2sccc12. The van der Waals surface area contributed by atoms with Gasteiger partial charge in [-0.2, -0.15) is 0 Å². The van der Waals surface area contributed by atoms with Gasteiger partial charge >= 0.3 is 0 Å². The number of thioether (sulfide) groups is 1. The predicted octanol–water partition coefficient (Wildman–Crippen LogP) is 1.89. The largest absolute Gasteiger partial charge is 0.383 e. The van der Waals surface area contributed by atoms with Crippen LogP contribution in [0.4, 0.5) is 5.82 Å². The van der Waals surface area contributed by atoms with Gasteiger partial charge in [0.2, 0.25) is 5.91 Å². The van der Waals surface area contributed by atoms with Crippen LogP contribution in [0.15, 0.2) is 16.6 Å². The highest BCUT2D eigenvalue weighted by molar-refractivity contribution is 7.99. The van der Waals surface area contributed by atoms with Crippen LogP contribution in [0.25, 0.3) is 10.2 Å². The lowest BCUT2D eigenvalue weighted by Gasteiger charge is -2.04. The molecule has 2 heterocycles. The number of anilines is 1. The lowest BCUT2D eigenvalue weighted by atomic mass is 10.4. The molecule has 0 aliphatic heterocycles. The van der Waals surface area contributed by atoms with E-state index < -0.39 is 0 Å². The van der Waals surface area contributed by atoms with Crippen molar-refractivity contribution in [2.75, 3.05) is 18.0 Å². The molecule has 0 aromatic carbocycles. The molecule has 0 radical (unpaired) electrons. The van der Waals surface area contributed by atoms with Gasteiger partial charge in [-0.15, -0.1) is 11.3 Å². The molecule has 100 valence electrons. The zero-order chi connectivity index (χ0) is 13.2. The number of nitrogens with zero attached hydrogens (tertiary/aromatic N) is 2. The number of fused-ring (bicyclic) bond motifs is 1. The molecule has 0 spiro atoms. The summed E-state index contributed by atoms with van der Waals surface area (Å²) in [4.78, 5) is 21.1. The normalized spacial score (nSPS) is 14.7. The van der Waals surface area contributed by atoms with Crippen molar-refractivity contribution in [1.29, 1.82) is 0 Å². The molecule has 0 bridgehead atoms. The highest BCUT2D eigenvalue weighted by Gasteiger charge is 2.21. The van der Waals surface area contributed by atoms with Crippen LogP contribution in [0, 0.1) is 5.92 Å². The fraction of sp³-hybridized carbons (Fsp3) is 0.417. The topological polar surface area (TPSA) is 80.9 Å². The molecule has 0 saturated heterocycles. The Morgan fingerprint density at radius 1 is 1.53 bits per heavy atom. The molecule has 0 atom stereocenters. The third-order valence-electron chi connectivity index (χ3n) is 2.95. The van der Waals surface area contributed by atoms with E-state index in [1.165, 1.54) is 35.9 Å². The predicted molar refractivity (Wildman–Crippen MR) is 78.3 cm³/mol. The van der Waals surface area contributed by atoms with Crippen molar-refractivity contribution in [1.82, 2.24) is 15.3 Å². The first-order chi connectivity index (χ1) is 9.22. The quantitative estimate of drug-likeness (QED) is 0.650. The Bertz CT molecular complexity index is 609. The monoisotopic (exact) mass is 294 g/mol.